The second kappa shape index (κ2) is 8.02. The first-order valence-electron chi connectivity index (χ1n) is 8.12. The summed E-state index contributed by atoms with van der Waals surface area (Å²) in [6, 6.07) is 17.7. The van der Waals surface area contributed by atoms with Crippen LogP contribution in [0, 0.1) is 10.1 Å². The molecule has 3 aromatic rings. The molecule has 1 heterocycles. The largest absolute Gasteiger partial charge is 0.326 e. The van der Waals surface area contributed by atoms with Crippen LogP contribution in [-0.2, 0) is 17.6 Å². The summed E-state index contributed by atoms with van der Waals surface area (Å²) in [5.74, 6) is -0.291. The van der Waals surface area contributed by atoms with Crippen LogP contribution in [0.25, 0.3) is 0 Å². The fraction of sp³-hybridized carbons (Fsp3) is 0.100. The van der Waals surface area contributed by atoms with E-state index in [1.807, 2.05) is 36.4 Å². The standard InChI is InChI=1S/C20H17N3O3/c24-20(14-17-3-1-2-4-19(17)23(25)26)22-18-7-5-15(6-8-18)13-16-9-11-21-12-10-16/h1-12H,13-14H2,(H,22,24). The Labute approximate surface area is 150 Å². The van der Waals surface area contributed by atoms with E-state index in [0.29, 0.717) is 11.3 Å². The van der Waals surface area contributed by atoms with E-state index in [1.165, 1.54) is 6.07 Å². The third-order valence-corrected chi connectivity index (χ3v) is 3.93. The molecule has 0 aliphatic heterocycles. The summed E-state index contributed by atoms with van der Waals surface area (Å²) in [4.78, 5) is 26.7. The average Bonchev–Trinajstić information content (AvgIpc) is 2.64. The highest BCUT2D eigenvalue weighted by Crippen LogP contribution is 2.19. The van der Waals surface area contributed by atoms with Gasteiger partial charge in [0.05, 0.1) is 11.3 Å². The molecule has 26 heavy (non-hydrogen) atoms. The number of carbonyl (C=O) groups excluding carboxylic acids is 1. The number of hydrogen-bond donors (Lipinski definition) is 1. The van der Waals surface area contributed by atoms with E-state index in [4.69, 9.17) is 0 Å². The molecular formula is C20H17N3O3. The summed E-state index contributed by atoms with van der Waals surface area (Å²) in [7, 11) is 0. The second-order valence-corrected chi connectivity index (χ2v) is 5.84. The normalized spacial score (nSPS) is 10.3. The Bertz CT molecular complexity index is 909. The third kappa shape index (κ3) is 4.51. The van der Waals surface area contributed by atoms with Crippen LogP contribution >= 0.6 is 0 Å². The van der Waals surface area contributed by atoms with E-state index in [2.05, 4.69) is 10.3 Å². The van der Waals surface area contributed by atoms with Crippen molar-refractivity contribution in [1.29, 1.82) is 0 Å². The number of benzene rings is 2. The molecule has 0 saturated carbocycles. The van der Waals surface area contributed by atoms with Crippen molar-refractivity contribution >= 4 is 17.3 Å². The van der Waals surface area contributed by atoms with Crippen molar-refractivity contribution in [2.24, 2.45) is 0 Å². The number of hydrogen-bond acceptors (Lipinski definition) is 4. The smallest absolute Gasteiger partial charge is 0.273 e. The first-order valence-corrected chi connectivity index (χ1v) is 8.12. The molecule has 1 N–H and O–H groups in total. The second-order valence-electron chi connectivity index (χ2n) is 5.84. The van der Waals surface area contributed by atoms with Crippen LogP contribution in [0.15, 0.2) is 73.1 Å². The molecular weight excluding hydrogens is 330 g/mol. The SMILES string of the molecule is O=C(Cc1ccccc1[N+](=O)[O-])Nc1ccc(Cc2ccncc2)cc1. The van der Waals surface area contributed by atoms with Crippen molar-refractivity contribution in [1.82, 2.24) is 4.98 Å². The van der Waals surface area contributed by atoms with Gasteiger partial charge in [0.1, 0.15) is 0 Å². The van der Waals surface area contributed by atoms with Gasteiger partial charge in [0.15, 0.2) is 0 Å². The van der Waals surface area contributed by atoms with Crippen molar-refractivity contribution in [3.05, 3.63) is 99.9 Å². The fourth-order valence-electron chi connectivity index (χ4n) is 2.66. The van der Waals surface area contributed by atoms with Crippen molar-refractivity contribution in [3.8, 4) is 0 Å². The maximum Gasteiger partial charge on any atom is 0.273 e. The van der Waals surface area contributed by atoms with E-state index >= 15 is 0 Å². The lowest BCUT2D eigenvalue weighted by atomic mass is 10.1. The van der Waals surface area contributed by atoms with Gasteiger partial charge in [0.2, 0.25) is 5.91 Å². The van der Waals surface area contributed by atoms with Gasteiger partial charge in [-0.2, -0.15) is 0 Å². The van der Waals surface area contributed by atoms with Crippen molar-refractivity contribution < 1.29 is 9.72 Å². The summed E-state index contributed by atoms with van der Waals surface area (Å²) in [5.41, 5.74) is 3.28. The lowest BCUT2D eigenvalue weighted by Crippen LogP contribution is -2.15. The zero-order valence-electron chi connectivity index (χ0n) is 14.0. The average molecular weight is 347 g/mol. The quantitative estimate of drug-likeness (QED) is 0.543. The Hall–Kier alpha value is -3.54. The van der Waals surface area contributed by atoms with Crippen LogP contribution in [0.3, 0.4) is 0 Å². The van der Waals surface area contributed by atoms with Gasteiger partial charge in [-0.15, -0.1) is 0 Å². The molecule has 0 fully saturated rings. The molecule has 0 aliphatic rings. The number of amides is 1. The number of para-hydroxylation sites is 1. The number of anilines is 1. The zero-order valence-corrected chi connectivity index (χ0v) is 14.0. The van der Waals surface area contributed by atoms with E-state index in [0.717, 1.165) is 17.5 Å². The van der Waals surface area contributed by atoms with Gasteiger partial charge in [-0.1, -0.05) is 30.3 Å². The van der Waals surface area contributed by atoms with Gasteiger partial charge < -0.3 is 5.32 Å². The molecule has 1 aromatic heterocycles. The number of pyridine rings is 1. The fourth-order valence-corrected chi connectivity index (χ4v) is 2.66. The summed E-state index contributed by atoms with van der Waals surface area (Å²) >= 11 is 0. The Morgan fingerprint density at radius 2 is 1.62 bits per heavy atom. The number of aromatic nitrogens is 1. The van der Waals surface area contributed by atoms with E-state index in [-0.39, 0.29) is 18.0 Å². The number of nitrogens with zero attached hydrogens (tertiary/aromatic N) is 2. The number of nitro benzene ring substituents is 1. The predicted molar refractivity (Wildman–Crippen MR) is 98.9 cm³/mol. The zero-order chi connectivity index (χ0) is 18.4. The number of rotatable bonds is 6. The summed E-state index contributed by atoms with van der Waals surface area (Å²) in [6.07, 6.45) is 4.25. The lowest BCUT2D eigenvalue weighted by molar-refractivity contribution is -0.385. The predicted octanol–water partition coefficient (Wildman–Crippen LogP) is 3.76. The van der Waals surface area contributed by atoms with Crippen molar-refractivity contribution in [2.45, 2.75) is 12.8 Å². The van der Waals surface area contributed by atoms with Crippen LogP contribution < -0.4 is 5.32 Å². The van der Waals surface area contributed by atoms with Crippen LogP contribution in [0.2, 0.25) is 0 Å². The first kappa shape index (κ1) is 17.3. The molecule has 0 spiro atoms. The summed E-state index contributed by atoms with van der Waals surface area (Å²) in [6.45, 7) is 0. The van der Waals surface area contributed by atoms with Gasteiger partial charge in [0, 0.05) is 29.7 Å². The summed E-state index contributed by atoms with van der Waals surface area (Å²) in [5, 5.41) is 13.8. The van der Waals surface area contributed by atoms with Gasteiger partial charge in [-0.25, -0.2) is 0 Å². The van der Waals surface area contributed by atoms with Crippen molar-refractivity contribution in [3.63, 3.8) is 0 Å². The molecule has 1 amide bonds. The monoisotopic (exact) mass is 347 g/mol. The van der Waals surface area contributed by atoms with E-state index in [1.54, 1.807) is 30.6 Å². The molecule has 0 atom stereocenters. The van der Waals surface area contributed by atoms with Crippen molar-refractivity contribution in [2.75, 3.05) is 5.32 Å². The van der Waals surface area contributed by atoms with Gasteiger partial charge in [0.25, 0.3) is 5.69 Å². The number of nitrogens with one attached hydrogen (secondary N) is 1. The maximum atomic E-state index is 12.2. The lowest BCUT2D eigenvalue weighted by Gasteiger charge is -2.07. The minimum Gasteiger partial charge on any atom is -0.326 e. The molecule has 0 aliphatic carbocycles. The van der Waals surface area contributed by atoms with E-state index in [9.17, 15) is 14.9 Å². The molecule has 0 saturated heterocycles. The molecule has 6 nitrogen and oxygen atoms in total. The Kier molecular flexibility index (Phi) is 5.34. The Balaban J connectivity index is 1.62. The third-order valence-electron chi connectivity index (χ3n) is 3.93. The van der Waals surface area contributed by atoms with Gasteiger partial charge >= 0.3 is 0 Å². The minimum absolute atomic E-state index is 0.0457. The Morgan fingerprint density at radius 1 is 0.962 bits per heavy atom. The van der Waals surface area contributed by atoms with Crippen LogP contribution in [0.5, 0.6) is 0 Å². The van der Waals surface area contributed by atoms with E-state index < -0.39 is 4.92 Å². The molecule has 6 heteroatoms. The molecule has 0 bridgehead atoms. The van der Waals surface area contributed by atoms with Crippen LogP contribution in [0.4, 0.5) is 11.4 Å². The van der Waals surface area contributed by atoms with Crippen LogP contribution in [0.1, 0.15) is 16.7 Å². The van der Waals surface area contributed by atoms with Gasteiger partial charge in [-0.3, -0.25) is 19.9 Å². The molecule has 2 aromatic carbocycles. The number of nitro groups is 1. The molecule has 0 unspecified atom stereocenters. The highest BCUT2D eigenvalue weighted by Gasteiger charge is 2.15. The van der Waals surface area contributed by atoms with Crippen LogP contribution in [-0.4, -0.2) is 15.8 Å². The summed E-state index contributed by atoms with van der Waals surface area (Å²) < 4.78 is 0. The molecule has 0 radical (unpaired) electrons. The minimum atomic E-state index is -0.476. The maximum absolute atomic E-state index is 12.2. The highest BCUT2D eigenvalue weighted by molar-refractivity contribution is 5.92. The Morgan fingerprint density at radius 3 is 2.31 bits per heavy atom. The highest BCUT2D eigenvalue weighted by atomic mass is 16.6. The topological polar surface area (TPSA) is 85.1 Å². The first-order chi connectivity index (χ1) is 12.6. The molecule has 3 rings (SSSR count). The molecule has 130 valence electrons. The van der Waals surface area contributed by atoms with Gasteiger partial charge in [-0.05, 0) is 41.8 Å². The number of carbonyl (C=O) groups is 1.